The number of H-pyrrole nitrogens is 1. The molecule has 2 heterocycles. The van der Waals surface area contributed by atoms with E-state index in [1.54, 1.807) is 12.3 Å². The van der Waals surface area contributed by atoms with Crippen LogP contribution in [0.15, 0.2) is 30.6 Å². The summed E-state index contributed by atoms with van der Waals surface area (Å²) in [5.74, 6) is 0. The van der Waals surface area contributed by atoms with Crippen molar-refractivity contribution >= 4 is 28.2 Å². The number of fused-ring (bicyclic) bond motifs is 1. The number of aromatic amines is 1. The third-order valence-electron chi connectivity index (χ3n) is 2.99. The molecule has 0 bridgehead atoms. The van der Waals surface area contributed by atoms with Gasteiger partial charge in [0.2, 0.25) is 5.28 Å². The maximum absolute atomic E-state index is 7.03. The number of nitrogens with one attached hydrogen (secondary N) is 1. The van der Waals surface area contributed by atoms with Crippen LogP contribution in [0.3, 0.4) is 0 Å². The van der Waals surface area contributed by atoms with Crippen LogP contribution in [0.2, 0.25) is 5.28 Å². The molecule has 0 spiro atoms. The van der Waals surface area contributed by atoms with E-state index in [0.717, 1.165) is 27.7 Å². The van der Waals surface area contributed by atoms with Gasteiger partial charge in [-0.25, -0.2) is 14.8 Å². The van der Waals surface area contributed by atoms with Crippen molar-refractivity contribution in [3.05, 3.63) is 52.9 Å². The minimum Gasteiger partial charge on any atom is -0.362 e. The van der Waals surface area contributed by atoms with Crippen LogP contribution in [0.25, 0.3) is 27.0 Å². The van der Waals surface area contributed by atoms with Crippen molar-refractivity contribution in [1.82, 2.24) is 15.0 Å². The third kappa shape index (κ3) is 1.94. The van der Waals surface area contributed by atoms with E-state index in [0.29, 0.717) is 5.69 Å². The van der Waals surface area contributed by atoms with Gasteiger partial charge in [-0.1, -0.05) is 12.1 Å². The quantitative estimate of drug-likeness (QED) is 0.533. The molecule has 92 valence electrons. The molecule has 0 atom stereocenters. The Morgan fingerprint density at radius 2 is 2.21 bits per heavy atom. The number of nitrogens with zero attached hydrogens (tertiary/aromatic N) is 3. The maximum Gasteiger partial charge on any atom is 0.222 e. The molecule has 0 saturated carbocycles. The molecule has 0 fully saturated rings. The fraction of sp³-hybridized carbons (Fsp3) is 0.0714. The summed E-state index contributed by atoms with van der Waals surface area (Å²) in [6.45, 7) is 8.97. The van der Waals surface area contributed by atoms with E-state index >= 15 is 0 Å². The number of rotatable bonds is 1. The Bertz CT molecular complexity index is 814. The van der Waals surface area contributed by atoms with Gasteiger partial charge in [-0.05, 0) is 30.2 Å². The summed E-state index contributed by atoms with van der Waals surface area (Å²) in [5.41, 5.74) is 4.26. The molecule has 19 heavy (non-hydrogen) atoms. The van der Waals surface area contributed by atoms with Gasteiger partial charge in [-0.2, -0.15) is 0 Å². The van der Waals surface area contributed by atoms with E-state index in [4.69, 9.17) is 18.2 Å². The first-order chi connectivity index (χ1) is 9.19. The van der Waals surface area contributed by atoms with E-state index in [9.17, 15) is 0 Å². The van der Waals surface area contributed by atoms with Gasteiger partial charge in [0.1, 0.15) is 0 Å². The second-order valence-corrected chi connectivity index (χ2v) is 4.55. The Hall–Kier alpha value is -2.38. The van der Waals surface area contributed by atoms with E-state index in [-0.39, 0.29) is 5.28 Å². The predicted octanol–water partition coefficient (Wildman–Crippen LogP) is 4.14. The van der Waals surface area contributed by atoms with Gasteiger partial charge < -0.3 is 4.98 Å². The van der Waals surface area contributed by atoms with Crippen molar-refractivity contribution in [3.8, 4) is 11.3 Å². The standard InChI is InChI=1S/C14H9ClN4/c1-8-6-18-14(15)19-13(8)11-7-17-12-5-9(16-2)3-4-10(11)12/h3-7,17H,1H3. The largest absolute Gasteiger partial charge is 0.362 e. The van der Waals surface area contributed by atoms with E-state index in [1.165, 1.54) is 0 Å². The van der Waals surface area contributed by atoms with Crippen molar-refractivity contribution < 1.29 is 0 Å². The molecule has 0 saturated heterocycles. The Kier molecular flexibility index (Phi) is 2.69. The fourth-order valence-corrected chi connectivity index (χ4v) is 2.21. The van der Waals surface area contributed by atoms with E-state index in [1.807, 2.05) is 25.3 Å². The summed E-state index contributed by atoms with van der Waals surface area (Å²) in [7, 11) is 0. The van der Waals surface area contributed by atoms with Gasteiger partial charge in [0, 0.05) is 28.9 Å². The topological polar surface area (TPSA) is 45.9 Å². The second-order valence-electron chi connectivity index (χ2n) is 4.21. The molecule has 1 aromatic carbocycles. The van der Waals surface area contributed by atoms with Crippen molar-refractivity contribution in [3.63, 3.8) is 0 Å². The van der Waals surface area contributed by atoms with Crippen molar-refractivity contribution in [2.45, 2.75) is 6.92 Å². The van der Waals surface area contributed by atoms with Crippen LogP contribution in [0.4, 0.5) is 5.69 Å². The number of hydrogen-bond donors (Lipinski definition) is 1. The van der Waals surface area contributed by atoms with Crippen LogP contribution >= 0.6 is 11.6 Å². The van der Waals surface area contributed by atoms with Gasteiger partial charge >= 0.3 is 0 Å². The summed E-state index contributed by atoms with van der Waals surface area (Å²) >= 11 is 5.86. The van der Waals surface area contributed by atoms with Crippen LogP contribution in [0, 0.1) is 13.5 Å². The molecule has 0 aliphatic rings. The molecule has 4 nitrogen and oxygen atoms in total. The lowest BCUT2D eigenvalue weighted by Gasteiger charge is -2.03. The zero-order chi connectivity index (χ0) is 13.4. The van der Waals surface area contributed by atoms with E-state index < -0.39 is 0 Å². The van der Waals surface area contributed by atoms with Crippen LogP contribution < -0.4 is 0 Å². The highest BCUT2D eigenvalue weighted by Gasteiger charge is 2.11. The molecule has 3 rings (SSSR count). The summed E-state index contributed by atoms with van der Waals surface area (Å²) in [5, 5.41) is 1.25. The van der Waals surface area contributed by atoms with Crippen LogP contribution in [-0.2, 0) is 0 Å². The van der Waals surface area contributed by atoms with Crippen molar-refractivity contribution in [2.24, 2.45) is 0 Å². The van der Waals surface area contributed by atoms with Crippen molar-refractivity contribution in [1.29, 1.82) is 0 Å². The average Bonchev–Trinajstić information content (AvgIpc) is 2.84. The lowest BCUT2D eigenvalue weighted by Crippen LogP contribution is -1.90. The van der Waals surface area contributed by atoms with Gasteiger partial charge in [0.15, 0.2) is 5.69 Å². The number of halogens is 1. The highest BCUT2D eigenvalue weighted by Crippen LogP contribution is 2.31. The summed E-state index contributed by atoms with van der Waals surface area (Å²) < 4.78 is 0. The van der Waals surface area contributed by atoms with Crippen LogP contribution in [-0.4, -0.2) is 15.0 Å². The first kappa shape index (κ1) is 11.7. The molecule has 0 radical (unpaired) electrons. The molecule has 0 unspecified atom stereocenters. The van der Waals surface area contributed by atoms with E-state index in [2.05, 4.69) is 19.8 Å². The normalized spacial score (nSPS) is 10.6. The van der Waals surface area contributed by atoms with Gasteiger partial charge in [0.05, 0.1) is 12.3 Å². The smallest absolute Gasteiger partial charge is 0.222 e. The Balaban J connectivity index is 2.26. The Labute approximate surface area is 114 Å². The Morgan fingerprint density at radius 3 is 3.00 bits per heavy atom. The fourth-order valence-electron chi connectivity index (χ4n) is 2.07. The number of aryl methyl sites for hydroxylation is 1. The second kappa shape index (κ2) is 4.38. The lowest BCUT2D eigenvalue weighted by atomic mass is 10.1. The summed E-state index contributed by atoms with van der Waals surface area (Å²) in [6.07, 6.45) is 3.58. The monoisotopic (exact) mass is 268 g/mol. The van der Waals surface area contributed by atoms with Gasteiger partial charge in [-0.15, -0.1) is 0 Å². The highest BCUT2D eigenvalue weighted by molar-refractivity contribution is 6.28. The minimum atomic E-state index is 0.229. The molecule has 1 N–H and O–H groups in total. The lowest BCUT2D eigenvalue weighted by molar-refractivity contribution is 1.14. The molecule has 3 aromatic rings. The number of benzene rings is 1. The maximum atomic E-state index is 7.03. The molecule has 2 aromatic heterocycles. The first-order valence-electron chi connectivity index (χ1n) is 5.67. The third-order valence-corrected chi connectivity index (χ3v) is 3.17. The van der Waals surface area contributed by atoms with Gasteiger partial charge in [0.25, 0.3) is 0 Å². The molecule has 0 amide bonds. The molecule has 0 aliphatic carbocycles. The van der Waals surface area contributed by atoms with Crippen molar-refractivity contribution in [2.75, 3.05) is 0 Å². The average molecular weight is 269 g/mol. The SMILES string of the molecule is [C-]#[N+]c1ccc2c(-c3nc(Cl)ncc3C)c[nH]c2c1. The predicted molar refractivity (Wildman–Crippen MR) is 75.3 cm³/mol. The summed E-state index contributed by atoms with van der Waals surface area (Å²) in [6, 6.07) is 5.54. The summed E-state index contributed by atoms with van der Waals surface area (Å²) in [4.78, 5) is 14.8. The van der Waals surface area contributed by atoms with Crippen LogP contribution in [0.1, 0.15) is 5.56 Å². The Morgan fingerprint density at radius 1 is 1.37 bits per heavy atom. The van der Waals surface area contributed by atoms with Crippen LogP contribution in [0.5, 0.6) is 0 Å². The minimum absolute atomic E-state index is 0.229. The zero-order valence-corrected chi connectivity index (χ0v) is 10.9. The molecular formula is C14H9ClN4. The number of aromatic nitrogens is 3. The molecule has 0 aliphatic heterocycles. The highest BCUT2D eigenvalue weighted by atomic mass is 35.5. The van der Waals surface area contributed by atoms with Gasteiger partial charge in [-0.3, -0.25) is 0 Å². The number of hydrogen-bond acceptors (Lipinski definition) is 2. The molecule has 5 heteroatoms. The zero-order valence-electron chi connectivity index (χ0n) is 10.1. The molecular weight excluding hydrogens is 260 g/mol. The first-order valence-corrected chi connectivity index (χ1v) is 6.05.